The Hall–Kier alpha value is -2.57. The molecular formula is C18H24N4O3. The number of anilines is 1. The number of rotatable bonds is 5. The molecule has 0 atom stereocenters. The van der Waals surface area contributed by atoms with Gasteiger partial charge in [-0.1, -0.05) is 25.1 Å². The summed E-state index contributed by atoms with van der Waals surface area (Å²) in [5.74, 6) is 2.14. The van der Waals surface area contributed by atoms with Crippen LogP contribution in [-0.4, -0.2) is 54.2 Å². The van der Waals surface area contributed by atoms with E-state index in [-0.39, 0.29) is 5.91 Å². The standard InChI is InChI=1S/C18H24N4O3/c1-3-16-19-18(20-25-16)22-10-6-9-21(11-12-22)17(23)13-14-7-4-5-8-15(14)24-2/h4-5,7-8H,3,6,9-13H2,1-2H3. The van der Waals surface area contributed by atoms with Gasteiger partial charge in [0, 0.05) is 38.2 Å². The number of benzene rings is 1. The molecular weight excluding hydrogens is 320 g/mol. The molecule has 0 unspecified atom stereocenters. The molecule has 2 aromatic rings. The number of nitrogens with zero attached hydrogens (tertiary/aromatic N) is 4. The number of aromatic nitrogens is 2. The summed E-state index contributed by atoms with van der Waals surface area (Å²) in [5, 5.41) is 4.03. The molecule has 0 radical (unpaired) electrons. The van der Waals surface area contributed by atoms with E-state index >= 15 is 0 Å². The molecule has 1 fully saturated rings. The highest BCUT2D eigenvalue weighted by Gasteiger charge is 2.22. The highest BCUT2D eigenvalue weighted by atomic mass is 16.5. The second-order valence-corrected chi connectivity index (χ2v) is 6.05. The minimum atomic E-state index is 0.119. The largest absolute Gasteiger partial charge is 0.496 e. The Bertz CT molecular complexity index is 716. The van der Waals surface area contributed by atoms with Crippen LogP contribution in [0, 0.1) is 0 Å². The normalized spacial score (nSPS) is 15.1. The third-order valence-corrected chi connectivity index (χ3v) is 4.43. The fraction of sp³-hybridized carbons (Fsp3) is 0.500. The molecule has 1 aliphatic rings. The Morgan fingerprint density at radius 2 is 2.08 bits per heavy atom. The summed E-state index contributed by atoms with van der Waals surface area (Å²) in [4.78, 5) is 21.1. The molecule has 3 rings (SSSR count). The molecule has 0 aliphatic carbocycles. The zero-order valence-corrected chi connectivity index (χ0v) is 14.8. The summed E-state index contributed by atoms with van der Waals surface area (Å²) in [6.45, 7) is 4.91. The van der Waals surface area contributed by atoms with E-state index in [0.29, 0.717) is 31.3 Å². The van der Waals surface area contributed by atoms with Crippen LogP contribution in [0.15, 0.2) is 28.8 Å². The minimum absolute atomic E-state index is 0.119. The number of amides is 1. The number of methoxy groups -OCH3 is 1. The molecule has 0 spiro atoms. The predicted molar refractivity (Wildman–Crippen MR) is 93.8 cm³/mol. The maximum atomic E-state index is 12.7. The van der Waals surface area contributed by atoms with Crippen LogP contribution >= 0.6 is 0 Å². The van der Waals surface area contributed by atoms with Crippen molar-refractivity contribution < 1.29 is 14.1 Å². The average Bonchev–Trinajstić information content (AvgIpc) is 2.98. The smallest absolute Gasteiger partial charge is 0.266 e. The lowest BCUT2D eigenvalue weighted by Crippen LogP contribution is -2.36. The number of ether oxygens (including phenoxy) is 1. The zero-order valence-electron chi connectivity index (χ0n) is 14.8. The minimum Gasteiger partial charge on any atom is -0.496 e. The van der Waals surface area contributed by atoms with E-state index in [0.717, 1.165) is 37.2 Å². The van der Waals surface area contributed by atoms with Crippen molar-refractivity contribution in [3.8, 4) is 5.75 Å². The van der Waals surface area contributed by atoms with Gasteiger partial charge in [-0.05, 0) is 17.6 Å². The summed E-state index contributed by atoms with van der Waals surface area (Å²) >= 11 is 0. The van der Waals surface area contributed by atoms with Crippen LogP contribution < -0.4 is 9.64 Å². The third-order valence-electron chi connectivity index (χ3n) is 4.43. The molecule has 2 heterocycles. The molecule has 7 nitrogen and oxygen atoms in total. The van der Waals surface area contributed by atoms with Gasteiger partial charge in [-0.3, -0.25) is 4.79 Å². The summed E-state index contributed by atoms with van der Waals surface area (Å²) in [7, 11) is 1.63. The van der Waals surface area contributed by atoms with Crippen LogP contribution in [0.4, 0.5) is 5.95 Å². The van der Waals surface area contributed by atoms with Crippen molar-refractivity contribution in [3.05, 3.63) is 35.7 Å². The number of hydrogen-bond donors (Lipinski definition) is 0. The molecule has 134 valence electrons. The fourth-order valence-electron chi connectivity index (χ4n) is 3.01. The summed E-state index contributed by atoms with van der Waals surface area (Å²) < 4.78 is 10.5. The number of para-hydroxylation sites is 1. The Labute approximate surface area is 147 Å². The monoisotopic (exact) mass is 344 g/mol. The molecule has 1 saturated heterocycles. The van der Waals surface area contributed by atoms with Gasteiger partial charge in [0.05, 0.1) is 13.5 Å². The molecule has 7 heteroatoms. The highest BCUT2D eigenvalue weighted by molar-refractivity contribution is 5.79. The number of carbonyl (C=O) groups is 1. The summed E-state index contributed by atoms with van der Waals surface area (Å²) in [6.07, 6.45) is 1.96. The first-order valence-corrected chi connectivity index (χ1v) is 8.68. The SMILES string of the molecule is CCc1nc(N2CCCN(C(=O)Cc3ccccc3OC)CC2)no1. The van der Waals surface area contributed by atoms with Gasteiger partial charge in [0.2, 0.25) is 11.8 Å². The first-order valence-electron chi connectivity index (χ1n) is 8.68. The second kappa shape index (κ2) is 8.00. The number of hydrogen-bond acceptors (Lipinski definition) is 6. The van der Waals surface area contributed by atoms with Crippen molar-refractivity contribution in [2.24, 2.45) is 0 Å². The third kappa shape index (κ3) is 4.10. The topological polar surface area (TPSA) is 71.7 Å². The van der Waals surface area contributed by atoms with E-state index < -0.39 is 0 Å². The number of carbonyl (C=O) groups excluding carboxylic acids is 1. The Morgan fingerprint density at radius 3 is 2.84 bits per heavy atom. The average molecular weight is 344 g/mol. The molecule has 1 aromatic heterocycles. The van der Waals surface area contributed by atoms with Crippen LogP contribution in [0.2, 0.25) is 0 Å². The van der Waals surface area contributed by atoms with Crippen molar-refractivity contribution in [2.45, 2.75) is 26.2 Å². The van der Waals surface area contributed by atoms with Gasteiger partial charge in [-0.25, -0.2) is 0 Å². The van der Waals surface area contributed by atoms with E-state index in [9.17, 15) is 4.79 Å². The lowest BCUT2D eigenvalue weighted by atomic mass is 10.1. The summed E-state index contributed by atoms with van der Waals surface area (Å²) in [5.41, 5.74) is 0.918. The molecule has 25 heavy (non-hydrogen) atoms. The lowest BCUT2D eigenvalue weighted by Gasteiger charge is -2.21. The van der Waals surface area contributed by atoms with Gasteiger partial charge in [-0.2, -0.15) is 4.98 Å². The molecule has 1 amide bonds. The maximum Gasteiger partial charge on any atom is 0.266 e. The Balaban J connectivity index is 1.61. The zero-order chi connectivity index (χ0) is 17.6. The first-order chi connectivity index (χ1) is 12.2. The van der Waals surface area contributed by atoms with Crippen LogP contribution in [0.5, 0.6) is 5.75 Å². The van der Waals surface area contributed by atoms with E-state index in [4.69, 9.17) is 9.26 Å². The van der Waals surface area contributed by atoms with Crippen molar-refractivity contribution in [3.63, 3.8) is 0 Å². The van der Waals surface area contributed by atoms with Crippen LogP contribution in [-0.2, 0) is 17.6 Å². The predicted octanol–water partition coefficient (Wildman–Crippen LogP) is 1.92. The van der Waals surface area contributed by atoms with Crippen LogP contribution in [0.3, 0.4) is 0 Å². The number of aryl methyl sites for hydroxylation is 1. The molecule has 1 aromatic carbocycles. The Kier molecular flexibility index (Phi) is 5.53. The Morgan fingerprint density at radius 1 is 1.24 bits per heavy atom. The molecule has 0 N–H and O–H groups in total. The highest BCUT2D eigenvalue weighted by Crippen LogP contribution is 2.19. The van der Waals surface area contributed by atoms with Gasteiger partial charge >= 0.3 is 0 Å². The van der Waals surface area contributed by atoms with Gasteiger partial charge in [0.1, 0.15) is 5.75 Å². The van der Waals surface area contributed by atoms with Crippen molar-refractivity contribution in [1.29, 1.82) is 0 Å². The van der Waals surface area contributed by atoms with E-state index in [2.05, 4.69) is 15.0 Å². The van der Waals surface area contributed by atoms with Gasteiger partial charge < -0.3 is 19.1 Å². The van der Waals surface area contributed by atoms with Crippen molar-refractivity contribution in [2.75, 3.05) is 38.2 Å². The van der Waals surface area contributed by atoms with E-state index in [1.165, 1.54) is 0 Å². The fourth-order valence-corrected chi connectivity index (χ4v) is 3.01. The van der Waals surface area contributed by atoms with Crippen molar-refractivity contribution in [1.82, 2.24) is 15.0 Å². The second-order valence-electron chi connectivity index (χ2n) is 6.05. The quantitative estimate of drug-likeness (QED) is 0.825. The van der Waals surface area contributed by atoms with E-state index in [1.807, 2.05) is 36.1 Å². The summed E-state index contributed by atoms with van der Waals surface area (Å²) in [6, 6.07) is 7.66. The van der Waals surface area contributed by atoms with Crippen LogP contribution in [0.25, 0.3) is 0 Å². The molecule has 1 aliphatic heterocycles. The lowest BCUT2D eigenvalue weighted by molar-refractivity contribution is -0.130. The van der Waals surface area contributed by atoms with Crippen molar-refractivity contribution >= 4 is 11.9 Å². The van der Waals surface area contributed by atoms with Gasteiger partial charge in [0.25, 0.3) is 5.95 Å². The van der Waals surface area contributed by atoms with Crippen LogP contribution in [0.1, 0.15) is 24.8 Å². The van der Waals surface area contributed by atoms with Gasteiger partial charge in [0.15, 0.2) is 0 Å². The van der Waals surface area contributed by atoms with E-state index in [1.54, 1.807) is 7.11 Å². The molecule has 0 saturated carbocycles. The van der Waals surface area contributed by atoms with Gasteiger partial charge in [-0.15, -0.1) is 0 Å². The maximum absolute atomic E-state index is 12.7. The molecule has 0 bridgehead atoms. The first kappa shape index (κ1) is 17.3.